The predicted octanol–water partition coefficient (Wildman–Crippen LogP) is 3.33. The van der Waals surface area contributed by atoms with Gasteiger partial charge in [0.25, 0.3) is 0 Å². The molecule has 1 aromatic rings. The minimum atomic E-state index is 0. The van der Waals surface area contributed by atoms with Gasteiger partial charge in [-0.1, -0.05) is 12.5 Å². The molecule has 116 valence electrons. The number of rotatable bonds is 3. The Bertz CT molecular complexity index is 692. The number of hydrogen-bond donors (Lipinski definition) is 3. The van der Waals surface area contributed by atoms with E-state index in [0.29, 0.717) is 5.41 Å². The van der Waals surface area contributed by atoms with E-state index in [1.54, 1.807) is 0 Å². The van der Waals surface area contributed by atoms with Crippen molar-refractivity contribution in [1.82, 2.24) is 10.9 Å². The Hall–Kier alpha value is -2.23. The lowest BCUT2D eigenvalue weighted by Crippen LogP contribution is -2.27. The van der Waals surface area contributed by atoms with Gasteiger partial charge in [-0.25, -0.2) is 0 Å². The van der Waals surface area contributed by atoms with Crippen LogP contribution in [0.15, 0.2) is 36.6 Å². The van der Waals surface area contributed by atoms with Crippen LogP contribution in [0.3, 0.4) is 0 Å². The van der Waals surface area contributed by atoms with Crippen LogP contribution in [0.1, 0.15) is 38.2 Å². The Kier molecular flexibility index (Phi) is 2.99. The van der Waals surface area contributed by atoms with E-state index in [0.717, 1.165) is 23.4 Å². The first kappa shape index (κ1) is 13.4. The molecule has 1 amide bonds. The molecule has 4 nitrogen and oxygen atoms in total. The fraction of sp³-hybridized carbons (Fsp3) is 0.389. The smallest absolute Gasteiger partial charge is 0.228 e. The first-order chi connectivity index (χ1) is 10.7. The second kappa shape index (κ2) is 4.90. The highest BCUT2D eigenvalue weighted by atomic mass is 16.2. The number of carbonyl (C=O) groups excluding carboxylic acids is 1. The molecule has 4 rings (SSSR count). The molecule has 0 bridgehead atoms. The molecule has 1 spiro atoms. The number of benzene rings is 1. The molecule has 2 fully saturated rings. The van der Waals surface area contributed by atoms with Gasteiger partial charge >= 0.3 is 0 Å². The lowest BCUT2D eigenvalue weighted by molar-refractivity contribution is -0.118. The summed E-state index contributed by atoms with van der Waals surface area (Å²) in [5, 5.41) is 3.10. The van der Waals surface area contributed by atoms with Gasteiger partial charge in [-0.05, 0) is 61.4 Å². The first-order valence-electron chi connectivity index (χ1n) is 7.98. The second-order valence-electron chi connectivity index (χ2n) is 6.70. The van der Waals surface area contributed by atoms with Crippen LogP contribution < -0.4 is 16.2 Å². The molecule has 4 heteroatoms. The molecule has 1 unspecified atom stereocenters. The summed E-state index contributed by atoms with van der Waals surface area (Å²) in [7, 11) is 0. The van der Waals surface area contributed by atoms with Crippen molar-refractivity contribution in [2.75, 3.05) is 5.32 Å². The molecule has 2 saturated carbocycles. The van der Waals surface area contributed by atoms with E-state index in [-0.39, 0.29) is 13.3 Å². The van der Waals surface area contributed by atoms with Gasteiger partial charge in [0.15, 0.2) is 0 Å². The van der Waals surface area contributed by atoms with Crippen molar-refractivity contribution in [3.05, 3.63) is 47.7 Å². The zero-order valence-corrected chi connectivity index (χ0v) is 12.8. The third kappa shape index (κ3) is 2.19. The van der Waals surface area contributed by atoms with Gasteiger partial charge in [0.05, 0.1) is 5.70 Å². The molecule has 0 aromatic heterocycles. The molecule has 3 aliphatic rings. The quantitative estimate of drug-likeness (QED) is 0.802. The first-order valence-corrected chi connectivity index (χ1v) is 7.98. The Morgan fingerprint density at radius 1 is 1.41 bits per heavy atom. The Labute approximate surface area is 132 Å². The SMILES string of the molecule is Cc1ccc(NC(=O)C2CC23CCC3)cc1C1=CC=CNN1.[HH]. The molecule has 1 heterocycles. The maximum Gasteiger partial charge on any atom is 0.228 e. The number of carbonyl (C=O) groups is 1. The molecule has 1 atom stereocenters. The van der Waals surface area contributed by atoms with Crippen LogP contribution in [-0.2, 0) is 4.79 Å². The number of allylic oxidation sites excluding steroid dienone is 2. The fourth-order valence-corrected chi connectivity index (χ4v) is 3.63. The van der Waals surface area contributed by atoms with Crippen LogP contribution in [0.2, 0.25) is 0 Å². The van der Waals surface area contributed by atoms with Crippen molar-refractivity contribution in [3.8, 4) is 0 Å². The van der Waals surface area contributed by atoms with Gasteiger partial charge in [0.2, 0.25) is 5.91 Å². The average molecular weight is 297 g/mol. The van der Waals surface area contributed by atoms with E-state index in [9.17, 15) is 4.79 Å². The Morgan fingerprint density at radius 3 is 2.91 bits per heavy atom. The molecule has 2 aliphatic carbocycles. The van der Waals surface area contributed by atoms with Crippen molar-refractivity contribution in [2.24, 2.45) is 11.3 Å². The van der Waals surface area contributed by atoms with Gasteiger partial charge in [-0.2, -0.15) is 0 Å². The molecule has 22 heavy (non-hydrogen) atoms. The van der Waals surface area contributed by atoms with E-state index < -0.39 is 0 Å². The number of aryl methyl sites for hydroxylation is 1. The summed E-state index contributed by atoms with van der Waals surface area (Å²) in [5.74, 6) is 0.431. The Balaban J connectivity index is 0.00000156. The summed E-state index contributed by atoms with van der Waals surface area (Å²) < 4.78 is 0. The van der Waals surface area contributed by atoms with Crippen LogP contribution in [0.25, 0.3) is 5.70 Å². The van der Waals surface area contributed by atoms with Crippen molar-refractivity contribution in [1.29, 1.82) is 0 Å². The fourth-order valence-electron chi connectivity index (χ4n) is 3.63. The van der Waals surface area contributed by atoms with Crippen LogP contribution >= 0.6 is 0 Å². The zero-order chi connectivity index (χ0) is 15.2. The summed E-state index contributed by atoms with van der Waals surface area (Å²) in [4.78, 5) is 12.4. The van der Waals surface area contributed by atoms with Gasteiger partial charge in [0, 0.05) is 24.8 Å². The number of hydrazine groups is 1. The largest absolute Gasteiger partial charge is 0.326 e. The normalized spacial score (nSPS) is 23.9. The van der Waals surface area contributed by atoms with Gasteiger partial charge in [0.1, 0.15) is 0 Å². The maximum absolute atomic E-state index is 12.4. The van der Waals surface area contributed by atoms with E-state index in [2.05, 4.69) is 29.2 Å². The number of hydrogen-bond acceptors (Lipinski definition) is 3. The molecule has 3 N–H and O–H groups in total. The van der Waals surface area contributed by atoms with E-state index in [1.165, 1.54) is 24.8 Å². The van der Waals surface area contributed by atoms with Crippen molar-refractivity contribution in [2.45, 2.75) is 32.6 Å². The number of anilines is 1. The second-order valence-corrected chi connectivity index (χ2v) is 6.70. The molecule has 1 aliphatic heterocycles. The predicted molar refractivity (Wildman–Crippen MR) is 89.7 cm³/mol. The highest BCUT2D eigenvalue weighted by Crippen LogP contribution is 2.65. The molecule has 1 aromatic carbocycles. The summed E-state index contributed by atoms with van der Waals surface area (Å²) in [6.45, 7) is 2.08. The van der Waals surface area contributed by atoms with Crippen LogP contribution in [0.5, 0.6) is 0 Å². The van der Waals surface area contributed by atoms with E-state index in [1.807, 2.05) is 30.5 Å². The third-order valence-electron chi connectivity index (χ3n) is 5.30. The highest BCUT2D eigenvalue weighted by Gasteiger charge is 2.60. The summed E-state index contributed by atoms with van der Waals surface area (Å²) in [6.07, 6.45) is 10.7. The standard InChI is InChI=1S/C18H21N3O.H2/c1-12-5-6-13(10-14(12)16-4-2-9-19-21-16)20-17(22)15-11-18(15)7-3-8-18;/h2,4-6,9-10,15,19,21H,3,7-8,11H2,1H3,(H,20,22);1H. The monoisotopic (exact) mass is 297 g/mol. The van der Waals surface area contributed by atoms with Crippen molar-refractivity contribution < 1.29 is 6.22 Å². The van der Waals surface area contributed by atoms with Crippen LogP contribution in [-0.4, -0.2) is 5.91 Å². The van der Waals surface area contributed by atoms with E-state index >= 15 is 0 Å². The summed E-state index contributed by atoms with van der Waals surface area (Å²) in [6, 6.07) is 6.08. The van der Waals surface area contributed by atoms with Crippen LogP contribution in [0.4, 0.5) is 5.69 Å². The van der Waals surface area contributed by atoms with Crippen LogP contribution in [0, 0.1) is 18.3 Å². The molecular weight excluding hydrogens is 274 g/mol. The maximum atomic E-state index is 12.4. The van der Waals surface area contributed by atoms with Crippen molar-refractivity contribution in [3.63, 3.8) is 0 Å². The minimum Gasteiger partial charge on any atom is -0.326 e. The lowest BCUT2D eigenvalue weighted by atomic mass is 9.79. The van der Waals surface area contributed by atoms with Gasteiger partial charge in [-0.3, -0.25) is 4.79 Å². The minimum absolute atomic E-state index is 0. The number of nitrogens with one attached hydrogen (secondary N) is 3. The average Bonchev–Trinajstić information content (AvgIpc) is 3.26. The molecule has 0 saturated heterocycles. The van der Waals surface area contributed by atoms with Gasteiger partial charge < -0.3 is 16.2 Å². The highest BCUT2D eigenvalue weighted by molar-refractivity contribution is 5.95. The Morgan fingerprint density at radius 2 is 2.27 bits per heavy atom. The lowest BCUT2D eigenvalue weighted by Gasteiger charge is -2.26. The molecule has 0 radical (unpaired) electrons. The van der Waals surface area contributed by atoms with E-state index in [4.69, 9.17) is 0 Å². The van der Waals surface area contributed by atoms with Crippen molar-refractivity contribution >= 4 is 17.3 Å². The topological polar surface area (TPSA) is 53.2 Å². The van der Waals surface area contributed by atoms with Gasteiger partial charge in [-0.15, -0.1) is 0 Å². The summed E-state index contributed by atoms with van der Waals surface area (Å²) >= 11 is 0. The molecular formula is C18H23N3O. The zero-order valence-electron chi connectivity index (χ0n) is 12.8. The summed E-state index contributed by atoms with van der Waals surface area (Å²) in [5.41, 5.74) is 10.7. The third-order valence-corrected chi connectivity index (χ3v) is 5.30. The number of amides is 1.